The summed E-state index contributed by atoms with van der Waals surface area (Å²) in [6.07, 6.45) is 0.381. The molecule has 0 unspecified atom stereocenters. The number of carbonyl (C=O) groups is 2. The van der Waals surface area contributed by atoms with Crippen LogP contribution in [0.25, 0.3) is 0 Å². The Morgan fingerprint density at radius 3 is 2.38 bits per heavy atom. The van der Waals surface area contributed by atoms with Gasteiger partial charge in [0, 0.05) is 11.9 Å². The number of aromatic nitrogens is 1. The molecule has 0 aliphatic carbocycles. The summed E-state index contributed by atoms with van der Waals surface area (Å²) in [5.41, 5.74) is 0.433. The third-order valence-corrected chi connectivity index (χ3v) is 3.91. The zero-order valence-corrected chi connectivity index (χ0v) is 13.5. The molecule has 0 radical (unpaired) electrons. The van der Waals surface area contributed by atoms with Crippen LogP contribution in [-0.2, 0) is 19.6 Å². The number of ether oxygens (including phenoxy) is 1. The number of sulfonamides is 1. The first kappa shape index (κ1) is 17.6. The van der Waals surface area contributed by atoms with Crippen LogP contribution < -0.4 is 10.5 Å². The van der Waals surface area contributed by atoms with Crippen molar-refractivity contribution in [3.63, 3.8) is 0 Å². The Hall–Kier alpha value is -2.78. The SMILES string of the molecule is C[C@@H](OC(=O)c1ccccn1)C(=O)Nc1ccc(S(N)(=O)=O)cc1. The van der Waals surface area contributed by atoms with Gasteiger partial charge in [-0.05, 0) is 43.3 Å². The maximum atomic E-state index is 12.0. The molecule has 0 saturated heterocycles. The normalized spacial score (nSPS) is 12.2. The number of nitrogens with zero attached hydrogens (tertiary/aromatic N) is 1. The average molecular weight is 349 g/mol. The maximum absolute atomic E-state index is 12.0. The average Bonchev–Trinajstić information content (AvgIpc) is 2.55. The van der Waals surface area contributed by atoms with E-state index in [1.54, 1.807) is 12.1 Å². The highest BCUT2D eigenvalue weighted by Crippen LogP contribution is 2.13. The van der Waals surface area contributed by atoms with E-state index in [0.29, 0.717) is 5.69 Å². The number of pyridine rings is 1. The maximum Gasteiger partial charge on any atom is 0.357 e. The first-order chi connectivity index (χ1) is 11.3. The lowest BCUT2D eigenvalue weighted by Gasteiger charge is -2.13. The number of anilines is 1. The van der Waals surface area contributed by atoms with E-state index in [2.05, 4.69) is 10.3 Å². The van der Waals surface area contributed by atoms with Crippen LogP contribution in [0.15, 0.2) is 53.6 Å². The molecule has 1 aromatic carbocycles. The monoisotopic (exact) mass is 349 g/mol. The lowest BCUT2D eigenvalue weighted by molar-refractivity contribution is -0.123. The number of nitrogens with one attached hydrogen (secondary N) is 1. The van der Waals surface area contributed by atoms with E-state index in [-0.39, 0.29) is 10.6 Å². The fourth-order valence-electron chi connectivity index (χ4n) is 1.73. The number of primary sulfonamides is 1. The van der Waals surface area contributed by atoms with Gasteiger partial charge in [-0.15, -0.1) is 0 Å². The minimum absolute atomic E-state index is 0.0740. The van der Waals surface area contributed by atoms with Gasteiger partial charge in [0.05, 0.1) is 4.90 Å². The van der Waals surface area contributed by atoms with E-state index in [1.807, 2.05) is 0 Å². The largest absolute Gasteiger partial charge is 0.448 e. The third kappa shape index (κ3) is 4.61. The number of amides is 1. The quantitative estimate of drug-likeness (QED) is 0.772. The van der Waals surface area contributed by atoms with Crippen LogP contribution >= 0.6 is 0 Å². The topological polar surface area (TPSA) is 128 Å². The standard InChI is InChI=1S/C15H15N3O5S/c1-10(23-15(20)13-4-2-3-9-17-13)14(19)18-11-5-7-12(8-6-11)24(16,21)22/h2-10H,1H3,(H,18,19)(H2,16,21,22)/t10-/m1/s1. The Morgan fingerprint density at radius 1 is 1.17 bits per heavy atom. The number of hydrogen-bond acceptors (Lipinski definition) is 6. The molecule has 8 nitrogen and oxygen atoms in total. The molecule has 0 fully saturated rings. The van der Waals surface area contributed by atoms with Crippen molar-refractivity contribution in [3.8, 4) is 0 Å². The molecule has 1 aromatic heterocycles. The van der Waals surface area contributed by atoms with Crippen molar-refractivity contribution >= 4 is 27.6 Å². The Bertz CT molecular complexity index is 835. The number of carbonyl (C=O) groups excluding carboxylic acids is 2. The molecule has 3 N–H and O–H groups in total. The Balaban J connectivity index is 1.98. The Morgan fingerprint density at radius 2 is 1.83 bits per heavy atom. The molecule has 0 saturated carbocycles. The second kappa shape index (κ2) is 7.20. The second-order valence-corrected chi connectivity index (χ2v) is 6.38. The van der Waals surface area contributed by atoms with Crippen LogP contribution in [0, 0.1) is 0 Å². The van der Waals surface area contributed by atoms with E-state index >= 15 is 0 Å². The second-order valence-electron chi connectivity index (χ2n) is 4.82. The van der Waals surface area contributed by atoms with E-state index in [0.717, 1.165) is 0 Å². The van der Waals surface area contributed by atoms with Crippen molar-refractivity contribution in [1.82, 2.24) is 4.98 Å². The van der Waals surface area contributed by atoms with E-state index in [4.69, 9.17) is 9.88 Å². The summed E-state index contributed by atoms with van der Waals surface area (Å²) in [4.78, 5) is 27.6. The van der Waals surface area contributed by atoms with Crippen molar-refractivity contribution in [2.24, 2.45) is 5.14 Å². The van der Waals surface area contributed by atoms with E-state index < -0.39 is 28.0 Å². The van der Waals surface area contributed by atoms with Gasteiger partial charge in [0.2, 0.25) is 10.0 Å². The molecular weight excluding hydrogens is 334 g/mol. The van der Waals surface area contributed by atoms with Crippen molar-refractivity contribution in [2.75, 3.05) is 5.32 Å². The minimum Gasteiger partial charge on any atom is -0.448 e. The first-order valence-electron chi connectivity index (χ1n) is 6.83. The molecule has 1 atom stereocenters. The summed E-state index contributed by atoms with van der Waals surface area (Å²) in [7, 11) is -3.80. The summed E-state index contributed by atoms with van der Waals surface area (Å²) in [6.45, 7) is 1.41. The summed E-state index contributed by atoms with van der Waals surface area (Å²) in [6, 6.07) is 10.0. The number of rotatable bonds is 5. The van der Waals surface area contributed by atoms with Crippen LogP contribution in [0.1, 0.15) is 17.4 Å². The van der Waals surface area contributed by atoms with Gasteiger partial charge in [-0.25, -0.2) is 23.3 Å². The number of benzene rings is 1. The molecular formula is C15H15N3O5S. The smallest absolute Gasteiger partial charge is 0.357 e. The minimum atomic E-state index is -3.80. The lowest BCUT2D eigenvalue weighted by atomic mass is 10.3. The predicted octanol–water partition coefficient (Wildman–Crippen LogP) is 0.913. The van der Waals surface area contributed by atoms with Gasteiger partial charge in [0.1, 0.15) is 5.69 Å². The molecule has 0 bridgehead atoms. The van der Waals surface area contributed by atoms with Gasteiger partial charge in [-0.3, -0.25) is 4.79 Å². The number of nitrogens with two attached hydrogens (primary N) is 1. The van der Waals surface area contributed by atoms with Gasteiger partial charge in [0.25, 0.3) is 5.91 Å². The van der Waals surface area contributed by atoms with Crippen molar-refractivity contribution in [1.29, 1.82) is 0 Å². The van der Waals surface area contributed by atoms with Crippen LogP contribution in [0.4, 0.5) is 5.69 Å². The van der Waals surface area contributed by atoms with Crippen LogP contribution in [0.5, 0.6) is 0 Å². The van der Waals surface area contributed by atoms with E-state index in [9.17, 15) is 18.0 Å². The summed E-state index contributed by atoms with van der Waals surface area (Å²) in [5, 5.41) is 7.49. The van der Waals surface area contributed by atoms with Crippen LogP contribution in [0.3, 0.4) is 0 Å². The highest BCUT2D eigenvalue weighted by Gasteiger charge is 2.19. The van der Waals surface area contributed by atoms with Crippen molar-refractivity contribution in [2.45, 2.75) is 17.9 Å². The zero-order valence-electron chi connectivity index (χ0n) is 12.7. The first-order valence-corrected chi connectivity index (χ1v) is 8.38. The Labute approximate surface area is 138 Å². The summed E-state index contributed by atoms with van der Waals surface area (Å²) in [5.74, 6) is -1.29. The molecule has 9 heteroatoms. The molecule has 0 aliphatic rings. The molecule has 0 aliphatic heterocycles. The molecule has 126 valence electrons. The van der Waals surface area contributed by atoms with Crippen molar-refractivity contribution in [3.05, 3.63) is 54.4 Å². The fraction of sp³-hybridized carbons (Fsp3) is 0.133. The van der Waals surface area contributed by atoms with Gasteiger partial charge in [-0.1, -0.05) is 6.07 Å². The van der Waals surface area contributed by atoms with Gasteiger partial charge in [-0.2, -0.15) is 0 Å². The number of hydrogen-bond donors (Lipinski definition) is 2. The predicted molar refractivity (Wildman–Crippen MR) is 85.6 cm³/mol. The third-order valence-electron chi connectivity index (χ3n) is 2.98. The molecule has 1 heterocycles. The Kier molecular flexibility index (Phi) is 5.27. The molecule has 1 amide bonds. The highest BCUT2D eigenvalue weighted by molar-refractivity contribution is 7.89. The lowest BCUT2D eigenvalue weighted by Crippen LogP contribution is -2.30. The molecule has 24 heavy (non-hydrogen) atoms. The summed E-state index contributed by atoms with van der Waals surface area (Å²) < 4.78 is 27.3. The molecule has 2 rings (SSSR count). The zero-order chi connectivity index (χ0) is 17.7. The van der Waals surface area contributed by atoms with Crippen molar-refractivity contribution < 1.29 is 22.7 Å². The summed E-state index contributed by atoms with van der Waals surface area (Å²) >= 11 is 0. The molecule has 0 spiro atoms. The van der Waals surface area contributed by atoms with E-state index in [1.165, 1.54) is 43.5 Å². The van der Waals surface area contributed by atoms with Gasteiger partial charge >= 0.3 is 5.97 Å². The van der Waals surface area contributed by atoms with Gasteiger partial charge in [0.15, 0.2) is 6.10 Å². The molecule has 2 aromatic rings. The van der Waals surface area contributed by atoms with Gasteiger partial charge < -0.3 is 10.1 Å². The fourth-order valence-corrected chi connectivity index (χ4v) is 2.25. The van der Waals surface area contributed by atoms with Crippen LogP contribution in [0.2, 0.25) is 0 Å². The van der Waals surface area contributed by atoms with Crippen LogP contribution in [-0.4, -0.2) is 31.4 Å². The number of esters is 1. The highest BCUT2D eigenvalue weighted by atomic mass is 32.2.